The molecule has 0 aliphatic carbocycles. The molecule has 1 fully saturated rings. The van der Waals surface area contributed by atoms with E-state index in [4.69, 9.17) is 0 Å². The molecule has 2 unspecified atom stereocenters. The maximum absolute atomic E-state index is 12.9. The molecule has 0 spiro atoms. The maximum atomic E-state index is 12.9. The van der Waals surface area contributed by atoms with E-state index in [1.807, 2.05) is 24.3 Å². The van der Waals surface area contributed by atoms with Gasteiger partial charge in [0.15, 0.2) is 5.69 Å². The van der Waals surface area contributed by atoms with E-state index in [2.05, 4.69) is 63.8 Å². The Kier molecular flexibility index (Phi) is 8.67. The fraction of sp³-hybridized carbons (Fsp3) is 0.364. The Hall–Kier alpha value is -2.12. The van der Waals surface area contributed by atoms with Gasteiger partial charge >= 0.3 is 0 Å². The van der Waals surface area contributed by atoms with Crippen LogP contribution in [0.2, 0.25) is 0 Å². The van der Waals surface area contributed by atoms with Crippen LogP contribution in [0.25, 0.3) is 10.9 Å². The number of aryl methyl sites for hydroxylation is 1. The number of halogens is 2. The van der Waals surface area contributed by atoms with Crippen LogP contribution in [0.4, 0.5) is 0 Å². The van der Waals surface area contributed by atoms with Gasteiger partial charge in [0, 0.05) is 37.6 Å². The number of benzene rings is 2. The number of rotatable bonds is 4. The van der Waals surface area contributed by atoms with Crippen molar-refractivity contribution >= 4 is 41.6 Å². The largest absolute Gasteiger partial charge is 0.345 e. The number of aromatic nitrogens is 2. The summed E-state index contributed by atoms with van der Waals surface area (Å²) in [6, 6.07) is 16.7. The molecule has 1 aromatic heterocycles. The average molecular weight is 450 g/mol. The number of hydrogen-bond donors (Lipinski definition) is 3. The summed E-state index contributed by atoms with van der Waals surface area (Å²) in [5, 5.41) is 14.7. The highest BCUT2D eigenvalue weighted by Crippen LogP contribution is 2.16. The van der Waals surface area contributed by atoms with E-state index in [0.29, 0.717) is 11.7 Å². The first-order chi connectivity index (χ1) is 13.6. The molecule has 6 nitrogen and oxygen atoms in total. The minimum atomic E-state index is -0.130. The minimum Gasteiger partial charge on any atom is -0.345 e. The van der Waals surface area contributed by atoms with E-state index in [1.165, 1.54) is 11.1 Å². The van der Waals surface area contributed by atoms with Gasteiger partial charge in [-0.3, -0.25) is 14.8 Å². The van der Waals surface area contributed by atoms with E-state index in [1.54, 1.807) is 0 Å². The van der Waals surface area contributed by atoms with Crippen molar-refractivity contribution in [3.8, 4) is 0 Å². The summed E-state index contributed by atoms with van der Waals surface area (Å²) in [4.78, 5) is 15.3. The van der Waals surface area contributed by atoms with Crippen LogP contribution in [0.1, 0.15) is 28.5 Å². The number of carbonyl (C=O) groups excluding carboxylic acids is 1. The van der Waals surface area contributed by atoms with E-state index >= 15 is 0 Å². The van der Waals surface area contributed by atoms with Gasteiger partial charge in [0.2, 0.25) is 0 Å². The molecular weight excluding hydrogens is 421 g/mol. The van der Waals surface area contributed by atoms with Crippen molar-refractivity contribution in [3.05, 3.63) is 65.4 Å². The standard InChI is InChI=1S/C22H27N5O.2ClH/c1-15-6-5-7-17(10-15)13-27-12-16(2)23-11-18(14-27)24-22(28)21-19-8-3-4-9-20(19)25-26-21;;/h3-10,16,18,23H,11-14H2,1-2H3,(H,24,28)(H,25,26);2*1H. The van der Waals surface area contributed by atoms with Crippen molar-refractivity contribution in [1.29, 1.82) is 0 Å². The number of amides is 1. The predicted molar refractivity (Wildman–Crippen MR) is 126 cm³/mol. The monoisotopic (exact) mass is 449 g/mol. The first-order valence-electron chi connectivity index (χ1n) is 9.84. The van der Waals surface area contributed by atoms with Crippen LogP contribution < -0.4 is 10.6 Å². The molecule has 162 valence electrons. The second kappa shape index (κ2) is 10.8. The molecule has 4 rings (SSSR count). The summed E-state index contributed by atoms with van der Waals surface area (Å²) in [5.41, 5.74) is 3.91. The number of para-hydroxylation sites is 1. The predicted octanol–water partition coefficient (Wildman–Crippen LogP) is 3.31. The summed E-state index contributed by atoms with van der Waals surface area (Å²) in [5.74, 6) is -0.130. The lowest BCUT2D eigenvalue weighted by molar-refractivity contribution is 0.0925. The van der Waals surface area contributed by atoms with E-state index < -0.39 is 0 Å². The third-order valence-corrected chi connectivity index (χ3v) is 5.23. The van der Waals surface area contributed by atoms with Crippen LogP contribution in [-0.2, 0) is 6.54 Å². The molecule has 1 saturated heterocycles. The molecule has 0 bridgehead atoms. The SMILES string of the molecule is Cc1cccc(CN2CC(C)NCC(NC(=O)c3n[nH]c4ccccc34)C2)c1.Cl.Cl. The zero-order chi connectivity index (χ0) is 19.5. The quantitative estimate of drug-likeness (QED) is 0.571. The van der Waals surface area contributed by atoms with E-state index in [0.717, 1.165) is 37.1 Å². The molecule has 1 aliphatic heterocycles. The van der Waals surface area contributed by atoms with Gasteiger partial charge in [-0.05, 0) is 25.5 Å². The highest BCUT2D eigenvalue weighted by atomic mass is 35.5. The molecule has 1 amide bonds. The number of hydrogen-bond acceptors (Lipinski definition) is 4. The van der Waals surface area contributed by atoms with Gasteiger partial charge in [-0.15, -0.1) is 24.8 Å². The zero-order valence-electron chi connectivity index (χ0n) is 17.2. The molecule has 1 aliphatic rings. The van der Waals surface area contributed by atoms with E-state index in [9.17, 15) is 4.79 Å². The van der Waals surface area contributed by atoms with Crippen LogP contribution in [-0.4, -0.2) is 52.7 Å². The lowest BCUT2D eigenvalue weighted by Gasteiger charge is -2.25. The molecule has 3 N–H and O–H groups in total. The Labute approximate surface area is 189 Å². The first-order valence-corrected chi connectivity index (χ1v) is 9.84. The van der Waals surface area contributed by atoms with Crippen LogP contribution in [0.5, 0.6) is 0 Å². The van der Waals surface area contributed by atoms with Gasteiger partial charge in [0.25, 0.3) is 5.91 Å². The Morgan fingerprint density at radius 2 is 1.97 bits per heavy atom. The smallest absolute Gasteiger partial charge is 0.272 e. The number of carbonyl (C=O) groups is 1. The average Bonchev–Trinajstić information content (AvgIpc) is 3.02. The summed E-state index contributed by atoms with van der Waals surface area (Å²) >= 11 is 0. The maximum Gasteiger partial charge on any atom is 0.272 e. The highest BCUT2D eigenvalue weighted by Gasteiger charge is 2.24. The number of aromatic amines is 1. The fourth-order valence-electron chi connectivity index (χ4n) is 3.93. The molecule has 8 heteroatoms. The first kappa shape index (κ1) is 24.2. The fourth-order valence-corrected chi connectivity index (χ4v) is 3.93. The molecule has 3 aromatic rings. The van der Waals surface area contributed by atoms with Gasteiger partial charge in [-0.25, -0.2) is 0 Å². The number of nitrogens with zero attached hydrogens (tertiary/aromatic N) is 2. The van der Waals surface area contributed by atoms with Gasteiger partial charge in [0.05, 0.1) is 11.6 Å². The second-order valence-electron chi connectivity index (χ2n) is 7.78. The molecule has 0 radical (unpaired) electrons. The lowest BCUT2D eigenvalue weighted by Crippen LogP contribution is -2.46. The Morgan fingerprint density at radius 1 is 1.17 bits per heavy atom. The van der Waals surface area contributed by atoms with Gasteiger partial charge < -0.3 is 10.6 Å². The summed E-state index contributed by atoms with van der Waals surface area (Å²) in [6.07, 6.45) is 0. The Bertz CT molecular complexity index is 977. The Morgan fingerprint density at radius 3 is 2.77 bits per heavy atom. The number of nitrogens with one attached hydrogen (secondary N) is 3. The van der Waals surface area contributed by atoms with Crippen molar-refractivity contribution in [1.82, 2.24) is 25.7 Å². The van der Waals surface area contributed by atoms with Crippen molar-refractivity contribution in [2.45, 2.75) is 32.5 Å². The highest BCUT2D eigenvalue weighted by molar-refractivity contribution is 6.04. The van der Waals surface area contributed by atoms with Gasteiger partial charge in [-0.1, -0.05) is 48.0 Å². The van der Waals surface area contributed by atoms with Crippen LogP contribution in [0, 0.1) is 6.92 Å². The number of H-pyrrole nitrogens is 1. The topological polar surface area (TPSA) is 73.0 Å². The molecule has 2 heterocycles. The summed E-state index contributed by atoms with van der Waals surface area (Å²) in [6.45, 7) is 7.69. The van der Waals surface area contributed by atoms with Crippen molar-refractivity contribution in [3.63, 3.8) is 0 Å². The van der Waals surface area contributed by atoms with Crippen molar-refractivity contribution < 1.29 is 4.79 Å². The lowest BCUT2D eigenvalue weighted by atomic mass is 10.1. The van der Waals surface area contributed by atoms with Crippen LogP contribution >= 0.6 is 24.8 Å². The third kappa shape index (κ3) is 5.73. The summed E-state index contributed by atoms with van der Waals surface area (Å²) < 4.78 is 0. The third-order valence-electron chi connectivity index (χ3n) is 5.23. The number of fused-ring (bicyclic) bond motifs is 1. The van der Waals surface area contributed by atoms with Gasteiger partial charge in [-0.2, -0.15) is 5.10 Å². The van der Waals surface area contributed by atoms with Crippen LogP contribution in [0.15, 0.2) is 48.5 Å². The van der Waals surface area contributed by atoms with Crippen LogP contribution in [0.3, 0.4) is 0 Å². The minimum absolute atomic E-state index is 0. The second-order valence-corrected chi connectivity index (χ2v) is 7.78. The molecule has 2 aromatic carbocycles. The van der Waals surface area contributed by atoms with Gasteiger partial charge in [0.1, 0.15) is 0 Å². The molecule has 30 heavy (non-hydrogen) atoms. The normalized spacial score (nSPS) is 19.4. The van der Waals surface area contributed by atoms with Crippen molar-refractivity contribution in [2.24, 2.45) is 0 Å². The molecule has 0 saturated carbocycles. The summed E-state index contributed by atoms with van der Waals surface area (Å²) in [7, 11) is 0. The molecule has 2 atom stereocenters. The molecular formula is C22H29Cl2N5O. The zero-order valence-corrected chi connectivity index (χ0v) is 18.9. The Balaban J connectivity index is 0.00000160. The van der Waals surface area contributed by atoms with Crippen molar-refractivity contribution in [2.75, 3.05) is 19.6 Å². The van der Waals surface area contributed by atoms with E-state index in [-0.39, 0.29) is 36.8 Å².